The number of rotatable bonds is 3. The second kappa shape index (κ2) is 7.66. The predicted octanol–water partition coefficient (Wildman–Crippen LogP) is 4.16. The first-order valence-corrected chi connectivity index (χ1v) is 11.1. The van der Waals surface area contributed by atoms with Gasteiger partial charge < -0.3 is 15.0 Å². The van der Waals surface area contributed by atoms with Crippen LogP contribution in [0.5, 0.6) is 0 Å². The number of aromatic amines is 1. The van der Waals surface area contributed by atoms with Gasteiger partial charge in [-0.1, -0.05) is 6.07 Å². The average molecular weight is 461 g/mol. The van der Waals surface area contributed by atoms with Crippen LogP contribution in [-0.2, 0) is 17.3 Å². The number of aromatic nitrogens is 3. The molecule has 2 aliphatic heterocycles. The minimum Gasteiger partial charge on any atom is -0.381 e. The Morgan fingerprint density at radius 3 is 2.64 bits per heavy atom. The molecule has 2 saturated heterocycles. The fourth-order valence-electron chi connectivity index (χ4n) is 5.68. The third-order valence-corrected chi connectivity index (χ3v) is 7.30. The van der Waals surface area contributed by atoms with Gasteiger partial charge in [0.05, 0.1) is 24.6 Å². The van der Waals surface area contributed by atoms with Crippen molar-refractivity contribution >= 4 is 16.9 Å². The monoisotopic (exact) mass is 461 g/mol. The summed E-state index contributed by atoms with van der Waals surface area (Å²) in [5.74, 6) is 0.956. The van der Waals surface area contributed by atoms with E-state index in [2.05, 4.69) is 25.2 Å². The molecule has 4 heterocycles. The van der Waals surface area contributed by atoms with E-state index in [4.69, 9.17) is 4.74 Å². The van der Waals surface area contributed by atoms with E-state index in [1.807, 2.05) is 0 Å². The lowest BCUT2D eigenvalue weighted by Gasteiger charge is -2.40. The Morgan fingerprint density at radius 2 is 1.88 bits per heavy atom. The van der Waals surface area contributed by atoms with Gasteiger partial charge >= 0.3 is 6.18 Å². The van der Waals surface area contributed by atoms with E-state index in [0.29, 0.717) is 17.7 Å². The first kappa shape index (κ1) is 20.9. The third kappa shape index (κ3) is 3.65. The SMILES string of the molecule is Fc1ccc2c(c1)C(Nc1ncnc3[nH]c(C(F)(F)F)cc13)C(N1CC3COCC3C1)CC2. The number of alkyl halides is 3. The smallest absolute Gasteiger partial charge is 0.381 e. The molecule has 174 valence electrons. The number of H-pyrrole nitrogens is 1. The molecule has 2 fully saturated rings. The van der Waals surface area contributed by atoms with E-state index in [1.165, 1.54) is 18.5 Å². The molecule has 4 unspecified atom stereocenters. The van der Waals surface area contributed by atoms with Crippen LogP contribution < -0.4 is 5.32 Å². The molecule has 6 nitrogen and oxygen atoms in total. The molecule has 0 spiro atoms. The van der Waals surface area contributed by atoms with Gasteiger partial charge in [-0.2, -0.15) is 13.2 Å². The zero-order chi connectivity index (χ0) is 22.7. The van der Waals surface area contributed by atoms with Crippen LogP contribution in [0.2, 0.25) is 0 Å². The summed E-state index contributed by atoms with van der Waals surface area (Å²) in [4.78, 5) is 13.0. The first-order valence-electron chi connectivity index (χ1n) is 11.1. The summed E-state index contributed by atoms with van der Waals surface area (Å²) in [7, 11) is 0. The van der Waals surface area contributed by atoms with Gasteiger partial charge in [-0.3, -0.25) is 4.90 Å². The lowest BCUT2D eigenvalue weighted by Crippen LogP contribution is -2.44. The van der Waals surface area contributed by atoms with Crippen molar-refractivity contribution in [1.82, 2.24) is 19.9 Å². The van der Waals surface area contributed by atoms with Gasteiger partial charge in [-0.25, -0.2) is 14.4 Å². The normalized spacial score (nSPS) is 27.6. The number of hydrogen-bond acceptors (Lipinski definition) is 5. The molecule has 10 heteroatoms. The van der Waals surface area contributed by atoms with Gasteiger partial charge in [0.15, 0.2) is 0 Å². The molecule has 33 heavy (non-hydrogen) atoms. The Hall–Kier alpha value is -2.72. The van der Waals surface area contributed by atoms with Crippen LogP contribution in [-0.4, -0.2) is 52.2 Å². The minimum absolute atomic E-state index is 0.0657. The van der Waals surface area contributed by atoms with Gasteiger partial charge in [-0.15, -0.1) is 0 Å². The Kier molecular flexibility index (Phi) is 4.84. The topological polar surface area (TPSA) is 66.1 Å². The molecule has 0 saturated carbocycles. The van der Waals surface area contributed by atoms with Crippen molar-refractivity contribution in [2.45, 2.75) is 31.1 Å². The van der Waals surface area contributed by atoms with Gasteiger partial charge in [0, 0.05) is 31.0 Å². The summed E-state index contributed by atoms with van der Waals surface area (Å²) in [6.07, 6.45) is -1.59. The van der Waals surface area contributed by atoms with Crippen molar-refractivity contribution < 1.29 is 22.3 Å². The Balaban J connectivity index is 1.39. The molecule has 3 aliphatic rings. The number of nitrogens with zero attached hydrogens (tertiary/aromatic N) is 3. The van der Waals surface area contributed by atoms with Crippen LogP contribution in [0.3, 0.4) is 0 Å². The van der Waals surface area contributed by atoms with Crippen LogP contribution >= 0.6 is 0 Å². The largest absolute Gasteiger partial charge is 0.431 e. The molecule has 0 bridgehead atoms. The lowest BCUT2D eigenvalue weighted by molar-refractivity contribution is -0.140. The maximum absolute atomic E-state index is 14.3. The highest BCUT2D eigenvalue weighted by atomic mass is 19.4. The van der Waals surface area contributed by atoms with E-state index < -0.39 is 11.9 Å². The molecule has 6 rings (SSSR count). The number of benzene rings is 1. The van der Waals surface area contributed by atoms with E-state index in [-0.39, 0.29) is 28.9 Å². The summed E-state index contributed by atoms with van der Waals surface area (Å²) in [5, 5.41) is 3.65. The van der Waals surface area contributed by atoms with E-state index in [9.17, 15) is 17.6 Å². The number of aryl methyl sites for hydroxylation is 1. The molecule has 0 amide bonds. The number of nitrogens with one attached hydrogen (secondary N) is 2. The maximum atomic E-state index is 14.3. The Morgan fingerprint density at radius 1 is 1.09 bits per heavy atom. The van der Waals surface area contributed by atoms with E-state index >= 15 is 0 Å². The molecule has 3 aromatic rings. The molecule has 0 radical (unpaired) electrons. The van der Waals surface area contributed by atoms with Crippen molar-refractivity contribution in [3.05, 3.63) is 53.2 Å². The number of halogens is 4. The summed E-state index contributed by atoms with van der Waals surface area (Å²) in [6, 6.07) is 5.58. The number of ether oxygens (including phenoxy) is 1. The number of likely N-dealkylation sites (tertiary alicyclic amines) is 1. The highest BCUT2D eigenvalue weighted by Gasteiger charge is 2.43. The highest BCUT2D eigenvalue weighted by molar-refractivity contribution is 5.88. The van der Waals surface area contributed by atoms with Gasteiger partial charge in [0.25, 0.3) is 0 Å². The summed E-state index contributed by atoms with van der Waals surface area (Å²) in [5.41, 5.74) is 1.11. The summed E-state index contributed by atoms with van der Waals surface area (Å²) < 4.78 is 59.7. The first-order chi connectivity index (χ1) is 15.9. The second-order valence-electron chi connectivity index (χ2n) is 9.25. The Bertz CT molecular complexity index is 1180. The van der Waals surface area contributed by atoms with Crippen molar-refractivity contribution in [3.63, 3.8) is 0 Å². The van der Waals surface area contributed by atoms with Crippen LogP contribution in [0.15, 0.2) is 30.6 Å². The van der Waals surface area contributed by atoms with Crippen molar-refractivity contribution in [3.8, 4) is 0 Å². The average Bonchev–Trinajstić information content (AvgIpc) is 3.48. The van der Waals surface area contributed by atoms with Crippen molar-refractivity contribution in [2.24, 2.45) is 11.8 Å². The molecule has 2 aromatic heterocycles. The molecule has 1 aromatic carbocycles. The lowest BCUT2D eigenvalue weighted by atomic mass is 9.83. The van der Waals surface area contributed by atoms with Crippen LogP contribution in [0.4, 0.5) is 23.4 Å². The van der Waals surface area contributed by atoms with E-state index in [0.717, 1.165) is 56.3 Å². The molecule has 1 aliphatic carbocycles. The zero-order valence-electron chi connectivity index (χ0n) is 17.7. The standard InChI is InChI=1S/C23H23F4N5O/c24-15-3-1-12-2-4-18(32-7-13-9-33-10-14(13)8-32)20(16(12)5-15)31-22-17-6-19(23(25,26)27)30-21(17)28-11-29-22/h1,3,5-6,11,13-14,18,20H,2,4,7-10H2,(H2,28,29,30,31). The van der Waals surface area contributed by atoms with Crippen LogP contribution in [0.1, 0.15) is 29.3 Å². The fourth-order valence-corrected chi connectivity index (χ4v) is 5.68. The molecule has 2 N–H and O–H groups in total. The van der Waals surface area contributed by atoms with Gasteiger partial charge in [0.2, 0.25) is 0 Å². The third-order valence-electron chi connectivity index (χ3n) is 7.30. The van der Waals surface area contributed by atoms with Gasteiger partial charge in [0.1, 0.15) is 29.3 Å². The predicted molar refractivity (Wildman–Crippen MR) is 113 cm³/mol. The second-order valence-corrected chi connectivity index (χ2v) is 9.25. The van der Waals surface area contributed by atoms with E-state index in [1.54, 1.807) is 6.07 Å². The maximum Gasteiger partial charge on any atom is 0.431 e. The van der Waals surface area contributed by atoms with Crippen molar-refractivity contribution in [1.29, 1.82) is 0 Å². The molecule has 4 atom stereocenters. The number of fused-ring (bicyclic) bond motifs is 3. The Labute approximate surface area is 187 Å². The molecular weight excluding hydrogens is 438 g/mol. The summed E-state index contributed by atoms with van der Waals surface area (Å²) in [6.45, 7) is 3.32. The highest BCUT2D eigenvalue weighted by Crippen LogP contribution is 2.41. The quantitative estimate of drug-likeness (QED) is 0.574. The van der Waals surface area contributed by atoms with Crippen LogP contribution in [0.25, 0.3) is 11.0 Å². The minimum atomic E-state index is -4.52. The molecular formula is C23H23F4N5O. The fraction of sp³-hybridized carbons (Fsp3) is 0.478. The number of hydrogen-bond donors (Lipinski definition) is 2. The summed E-state index contributed by atoms with van der Waals surface area (Å²) >= 11 is 0. The van der Waals surface area contributed by atoms with Crippen LogP contribution in [0, 0.1) is 17.7 Å². The number of anilines is 1. The zero-order valence-corrected chi connectivity index (χ0v) is 17.7. The van der Waals surface area contributed by atoms with Crippen molar-refractivity contribution in [2.75, 3.05) is 31.6 Å². The van der Waals surface area contributed by atoms with Gasteiger partial charge in [-0.05, 0) is 42.2 Å².